The molecule has 1 N–H and O–H groups in total. The van der Waals surface area contributed by atoms with Crippen LogP contribution in [-0.4, -0.2) is 30.6 Å². The van der Waals surface area contributed by atoms with Crippen molar-refractivity contribution in [3.63, 3.8) is 0 Å². The van der Waals surface area contributed by atoms with Crippen LogP contribution in [0.4, 0.5) is 4.79 Å². The molecule has 0 aliphatic carbocycles. The first-order chi connectivity index (χ1) is 11.7. The van der Waals surface area contributed by atoms with Gasteiger partial charge in [0.25, 0.3) is 0 Å². The molecule has 1 aromatic carbocycles. The Balaban J connectivity index is 2.36. The fraction of sp³-hybridized carbons (Fsp3) is 0.444. The van der Waals surface area contributed by atoms with Crippen molar-refractivity contribution in [2.24, 2.45) is 5.92 Å². The zero-order chi connectivity index (χ0) is 18.7. The van der Waals surface area contributed by atoms with Crippen LogP contribution < -0.4 is 5.32 Å². The Bertz CT molecular complexity index is 716. The van der Waals surface area contributed by atoms with Crippen molar-refractivity contribution in [3.8, 4) is 0 Å². The Kier molecular flexibility index (Phi) is 6.36. The summed E-state index contributed by atoms with van der Waals surface area (Å²) >= 11 is 12.1. The smallest absolute Gasteiger partial charge is 0.338 e. The van der Waals surface area contributed by atoms with Gasteiger partial charge in [0.2, 0.25) is 0 Å². The maximum absolute atomic E-state index is 12.7. The molecule has 0 saturated carbocycles. The number of carbonyl (C=O) groups excluding carboxylic acids is 2. The van der Waals surface area contributed by atoms with Crippen molar-refractivity contribution in [3.05, 3.63) is 45.1 Å². The van der Waals surface area contributed by atoms with E-state index in [0.717, 1.165) is 6.42 Å². The Hall–Kier alpha value is -1.72. The van der Waals surface area contributed by atoms with Crippen LogP contribution in [0, 0.1) is 5.92 Å². The van der Waals surface area contributed by atoms with E-state index in [1.807, 2.05) is 0 Å². The number of amides is 2. The molecule has 2 rings (SSSR count). The van der Waals surface area contributed by atoms with E-state index in [1.54, 1.807) is 32.2 Å². The minimum Gasteiger partial charge on any atom is -0.462 e. The monoisotopic (exact) mass is 384 g/mol. The molecule has 0 bridgehead atoms. The lowest BCUT2D eigenvalue weighted by Gasteiger charge is -2.33. The molecule has 136 valence electrons. The summed E-state index contributed by atoms with van der Waals surface area (Å²) in [5, 5.41) is 3.58. The van der Waals surface area contributed by atoms with E-state index in [0.29, 0.717) is 39.4 Å². The first-order valence-electron chi connectivity index (χ1n) is 8.09. The number of hydrogen-bond donors (Lipinski definition) is 1. The topological polar surface area (TPSA) is 58.6 Å². The van der Waals surface area contributed by atoms with Crippen molar-refractivity contribution in [1.82, 2.24) is 10.2 Å². The molecule has 1 aromatic rings. The van der Waals surface area contributed by atoms with Gasteiger partial charge in [0.05, 0.1) is 28.3 Å². The molecule has 0 saturated heterocycles. The van der Waals surface area contributed by atoms with E-state index in [2.05, 4.69) is 19.2 Å². The molecule has 0 aromatic heterocycles. The summed E-state index contributed by atoms with van der Waals surface area (Å²) in [6.07, 6.45) is 0.776. The zero-order valence-corrected chi connectivity index (χ0v) is 16.2. The van der Waals surface area contributed by atoms with Gasteiger partial charge in [0, 0.05) is 12.7 Å². The lowest BCUT2D eigenvalue weighted by molar-refractivity contribution is -0.140. The van der Waals surface area contributed by atoms with Crippen LogP contribution in [-0.2, 0) is 9.53 Å². The third kappa shape index (κ3) is 4.47. The predicted molar refractivity (Wildman–Crippen MR) is 98.6 cm³/mol. The molecule has 0 radical (unpaired) electrons. The highest BCUT2D eigenvalue weighted by Gasteiger charge is 2.35. The minimum absolute atomic E-state index is 0.299. The van der Waals surface area contributed by atoms with Gasteiger partial charge in [-0.2, -0.15) is 0 Å². The van der Waals surface area contributed by atoms with Gasteiger partial charge in [-0.05, 0) is 37.0 Å². The fourth-order valence-corrected chi connectivity index (χ4v) is 2.81. The molecular weight excluding hydrogens is 363 g/mol. The van der Waals surface area contributed by atoms with Gasteiger partial charge in [0.15, 0.2) is 0 Å². The average Bonchev–Trinajstić information content (AvgIpc) is 2.54. The van der Waals surface area contributed by atoms with Gasteiger partial charge in [0.1, 0.15) is 0 Å². The Morgan fingerprint density at radius 1 is 1.32 bits per heavy atom. The molecule has 0 fully saturated rings. The highest BCUT2D eigenvalue weighted by Crippen LogP contribution is 2.33. The van der Waals surface area contributed by atoms with E-state index < -0.39 is 12.0 Å². The van der Waals surface area contributed by atoms with Crippen LogP contribution in [0.25, 0.3) is 0 Å². The maximum Gasteiger partial charge on any atom is 0.338 e. The molecule has 1 aliphatic heterocycles. The molecule has 1 atom stereocenters. The quantitative estimate of drug-likeness (QED) is 0.757. The van der Waals surface area contributed by atoms with E-state index in [4.69, 9.17) is 27.9 Å². The normalized spacial score (nSPS) is 17.8. The molecule has 7 heteroatoms. The molecule has 0 spiro atoms. The third-order valence-electron chi connectivity index (χ3n) is 4.18. The SMILES string of the molecule is CC1=C(C(=O)OCCC(C)C)[C@@H](c2ccc(Cl)c(Cl)c2)NC(=O)N1C. The number of ether oxygens (including phenoxy) is 1. The fourth-order valence-electron chi connectivity index (χ4n) is 2.51. The Morgan fingerprint density at radius 3 is 2.60 bits per heavy atom. The number of nitrogens with zero attached hydrogens (tertiary/aromatic N) is 1. The molecule has 5 nitrogen and oxygen atoms in total. The predicted octanol–water partition coefficient (Wildman–Crippen LogP) is 4.55. The number of urea groups is 1. The van der Waals surface area contributed by atoms with E-state index in [-0.39, 0.29) is 6.03 Å². The van der Waals surface area contributed by atoms with Crippen LogP contribution in [0.1, 0.15) is 38.8 Å². The largest absolute Gasteiger partial charge is 0.462 e. The minimum atomic E-state index is -0.634. The van der Waals surface area contributed by atoms with Crippen LogP contribution in [0.15, 0.2) is 29.5 Å². The van der Waals surface area contributed by atoms with Gasteiger partial charge < -0.3 is 15.0 Å². The lowest BCUT2D eigenvalue weighted by Crippen LogP contribution is -2.46. The van der Waals surface area contributed by atoms with Crippen LogP contribution >= 0.6 is 23.2 Å². The zero-order valence-electron chi connectivity index (χ0n) is 14.7. The highest BCUT2D eigenvalue weighted by atomic mass is 35.5. The number of benzene rings is 1. The highest BCUT2D eigenvalue weighted by molar-refractivity contribution is 6.42. The van der Waals surface area contributed by atoms with Crippen molar-refractivity contribution in [1.29, 1.82) is 0 Å². The van der Waals surface area contributed by atoms with Gasteiger partial charge >= 0.3 is 12.0 Å². The van der Waals surface area contributed by atoms with E-state index in [9.17, 15) is 9.59 Å². The summed E-state index contributed by atoms with van der Waals surface area (Å²) < 4.78 is 5.42. The van der Waals surface area contributed by atoms with Gasteiger partial charge in [-0.3, -0.25) is 0 Å². The van der Waals surface area contributed by atoms with Gasteiger partial charge in [-0.25, -0.2) is 9.59 Å². The summed E-state index contributed by atoms with van der Waals surface area (Å²) in [5.41, 5.74) is 1.62. The number of esters is 1. The Morgan fingerprint density at radius 2 is 2.00 bits per heavy atom. The summed E-state index contributed by atoms with van der Waals surface area (Å²) in [5.74, 6) is -0.0106. The maximum atomic E-state index is 12.7. The molecule has 0 unspecified atom stereocenters. The summed E-state index contributed by atoms with van der Waals surface area (Å²) in [6, 6.07) is 4.09. The van der Waals surface area contributed by atoms with Crippen LogP contribution in [0.3, 0.4) is 0 Å². The number of carbonyl (C=O) groups is 2. The van der Waals surface area contributed by atoms with Crippen LogP contribution in [0.5, 0.6) is 0 Å². The summed E-state index contributed by atoms with van der Waals surface area (Å²) in [6.45, 7) is 6.18. The van der Waals surface area contributed by atoms with E-state index >= 15 is 0 Å². The molecule has 2 amide bonds. The van der Waals surface area contributed by atoms with Gasteiger partial charge in [-0.1, -0.05) is 43.1 Å². The number of hydrogen-bond acceptors (Lipinski definition) is 3. The lowest BCUT2D eigenvalue weighted by atomic mass is 9.95. The first-order valence-corrected chi connectivity index (χ1v) is 8.85. The average molecular weight is 385 g/mol. The number of rotatable bonds is 5. The van der Waals surface area contributed by atoms with Crippen molar-refractivity contribution < 1.29 is 14.3 Å². The molecule has 1 aliphatic rings. The first kappa shape index (κ1) is 19.6. The number of nitrogens with one attached hydrogen (secondary N) is 1. The summed E-state index contributed by atoms with van der Waals surface area (Å²) in [4.78, 5) is 26.2. The van der Waals surface area contributed by atoms with Crippen LogP contribution in [0.2, 0.25) is 10.0 Å². The molecule has 25 heavy (non-hydrogen) atoms. The van der Waals surface area contributed by atoms with Crippen molar-refractivity contribution >= 4 is 35.2 Å². The van der Waals surface area contributed by atoms with Gasteiger partial charge in [-0.15, -0.1) is 0 Å². The van der Waals surface area contributed by atoms with Crippen molar-refractivity contribution in [2.75, 3.05) is 13.7 Å². The number of allylic oxidation sites excluding steroid dienone is 1. The summed E-state index contributed by atoms with van der Waals surface area (Å²) in [7, 11) is 1.61. The third-order valence-corrected chi connectivity index (χ3v) is 4.92. The second kappa shape index (κ2) is 8.11. The molecule has 1 heterocycles. The number of halogens is 2. The Labute approximate surface area is 157 Å². The molecular formula is C18H22Cl2N2O3. The second-order valence-electron chi connectivity index (χ2n) is 6.43. The standard InChI is InChI=1S/C18H22Cl2N2O3/c1-10(2)7-8-25-17(23)15-11(3)22(4)18(24)21-16(15)12-5-6-13(19)14(20)9-12/h5-6,9-10,16H,7-8H2,1-4H3,(H,21,24)/t16-/m1/s1. The van der Waals surface area contributed by atoms with E-state index in [1.165, 1.54) is 4.90 Å². The van der Waals surface area contributed by atoms with Crippen molar-refractivity contribution in [2.45, 2.75) is 33.2 Å². The second-order valence-corrected chi connectivity index (χ2v) is 7.25.